The summed E-state index contributed by atoms with van der Waals surface area (Å²) in [5.74, 6) is 0. The number of nitrogens with one attached hydrogen (secondary N) is 1. The van der Waals surface area contributed by atoms with Gasteiger partial charge in [0.2, 0.25) is 0 Å². The van der Waals surface area contributed by atoms with E-state index >= 15 is 0 Å². The van der Waals surface area contributed by atoms with Gasteiger partial charge in [0, 0.05) is 22.7 Å². The van der Waals surface area contributed by atoms with Crippen molar-refractivity contribution in [1.29, 1.82) is 0 Å². The second-order valence-corrected chi connectivity index (χ2v) is 6.55. The van der Waals surface area contributed by atoms with E-state index in [1.165, 1.54) is 5.52 Å². The van der Waals surface area contributed by atoms with Crippen molar-refractivity contribution in [3.8, 4) is 0 Å². The molecule has 0 spiro atoms. The fourth-order valence-electron chi connectivity index (χ4n) is 3.56. The lowest BCUT2D eigenvalue weighted by Gasteiger charge is -2.12. The van der Waals surface area contributed by atoms with Gasteiger partial charge in [-0.15, -0.1) is 0 Å². The van der Waals surface area contributed by atoms with Crippen LogP contribution in [-0.4, -0.2) is 35.1 Å². The summed E-state index contributed by atoms with van der Waals surface area (Å²) in [6.45, 7) is 1.97. The molecule has 4 aromatic rings. The summed E-state index contributed by atoms with van der Waals surface area (Å²) in [6, 6.07) is 16.2. The Labute approximate surface area is 140 Å². The smallest absolute Gasteiger partial charge is 0.256 e. The van der Waals surface area contributed by atoms with Crippen molar-refractivity contribution in [1.82, 2.24) is 14.5 Å². The molecule has 0 aliphatic heterocycles. The highest BCUT2D eigenvalue weighted by Crippen LogP contribution is 2.31. The quantitative estimate of drug-likeness (QED) is 0.624. The molecule has 0 radical (unpaired) electrons. The van der Waals surface area contributed by atoms with Crippen LogP contribution >= 0.6 is 0 Å². The molecule has 0 atom stereocenters. The van der Waals surface area contributed by atoms with Gasteiger partial charge in [-0.3, -0.25) is 4.79 Å². The molecule has 2 aromatic carbocycles. The number of aryl methyl sites for hydroxylation is 1. The van der Waals surface area contributed by atoms with Gasteiger partial charge < -0.3 is 14.5 Å². The van der Waals surface area contributed by atoms with Crippen LogP contribution in [0.4, 0.5) is 0 Å². The van der Waals surface area contributed by atoms with Crippen molar-refractivity contribution in [2.45, 2.75) is 13.0 Å². The molecule has 1 N–H and O–H groups in total. The van der Waals surface area contributed by atoms with Crippen LogP contribution < -0.4 is 5.56 Å². The average molecular weight is 319 g/mol. The minimum Gasteiger partial charge on any atom is -0.339 e. The van der Waals surface area contributed by atoms with Crippen LogP contribution in [0.3, 0.4) is 0 Å². The van der Waals surface area contributed by atoms with Gasteiger partial charge in [-0.25, -0.2) is 0 Å². The second-order valence-electron chi connectivity index (χ2n) is 6.55. The van der Waals surface area contributed by atoms with E-state index in [0.29, 0.717) is 0 Å². The molecule has 0 fully saturated rings. The molecule has 4 heteroatoms. The highest BCUT2D eigenvalue weighted by atomic mass is 16.1. The Morgan fingerprint density at radius 2 is 1.62 bits per heavy atom. The van der Waals surface area contributed by atoms with Gasteiger partial charge in [-0.2, -0.15) is 0 Å². The van der Waals surface area contributed by atoms with Gasteiger partial charge in [0.15, 0.2) is 0 Å². The van der Waals surface area contributed by atoms with E-state index in [0.717, 1.165) is 46.7 Å². The van der Waals surface area contributed by atoms with Gasteiger partial charge in [0.25, 0.3) is 5.56 Å². The third kappa shape index (κ3) is 2.31. The Morgan fingerprint density at radius 1 is 0.958 bits per heavy atom. The normalized spacial score (nSPS) is 12.0. The van der Waals surface area contributed by atoms with Crippen molar-refractivity contribution in [3.63, 3.8) is 0 Å². The Hall–Kier alpha value is -2.59. The molecule has 2 heterocycles. The maximum atomic E-state index is 12.5. The molecule has 0 amide bonds. The Bertz CT molecular complexity index is 1090. The highest BCUT2D eigenvalue weighted by molar-refractivity contribution is 6.15. The van der Waals surface area contributed by atoms with Crippen LogP contribution in [0.1, 0.15) is 6.42 Å². The monoisotopic (exact) mass is 319 g/mol. The van der Waals surface area contributed by atoms with Crippen LogP contribution in [0.15, 0.2) is 53.3 Å². The maximum absolute atomic E-state index is 12.5. The number of nitrogens with zero attached hydrogens (tertiary/aromatic N) is 2. The van der Waals surface area contributed by atoms with Gasteiger partial charge in [-0.05, 0) is 39.2 Å². The molecule has 0 aliphatic rings. The summed E-state index contributed by atoms with van der Waals surface area (Å²) in [6.07, 6.45) is 1.06. The van der Waals surface area contributed by atoms with E-state index in [4.69, 9.17) is 0 Å². The van der Waals surface area contributed by atoms with Gasteiger partial charge >= 0.3 is 0 Å². The first kappa shape index (κ1) is 15.0. The fraction of sp³-hybridized carbons (Fsp3) is 0.250. The third-order valence-electron chi connectivity index (χ3n) is 4.62. The molecule has 0 saturated carbocycles. The van der Waals surface area contributed by atoms with Crippen LogP contribution in [0.25, 0.3) is 32.7 Å². The maximum Gasteiger partial charge on any atom is 0.256 e. The van der Waals surface area contributed by atoms with E-state index in [1.807, 2.05) is 30.3 Å². The Morgan fingerprint density at radius 3 is 2.38 bits per heavy atom. The number of H-pyrrole nitrogens is 1. The molecule has 0 aliphatic carbocycles. The van der Waals surface area contributed by atoms with Gasteiger partial charge in [-0.1, -0.05) is 36.4 Å². The first-order valence-electron chi connectivity index (χ1n) is 8.33. The number of fused-ring (bicyclic) bond motifs is 5. The molecule has 24 heavy (non-hydrogen) atoms. The van der Waals surface area contributed by atoms with Crippen molar-refractivity contribution in [2.75, 3.05) is 20.6 Å². The first-order chi connectivity index (χ1) is 11.7. The summed E-state index contributed by atoms with van der Waals surface area (Å²) in [7, 11) is 4.19. The minimum absolute atomic E-state index is 0.0192. The molecule has 0 saturated heterocycles. The molecular weight excluding hydrogens is 298 g/mol. The number of aromatic nitrogens is 2. The van der Waals surface area contributed by atoms with Crippen molar-refractivity contribution >= 4 is 32.7 Å². The molecule has 122 valence electrons. The van der Waals surface area contributed by atoms with E-state index in [1.54, 1.807) is 0 Å². The predicted octanol–water partition coefficient (Wildman–Crippen LogP) is 3.59. The average Bonchev–Trinajstić information content (AvgIpc) is 2.89. The van der Waals surface area contributed by atoms with Crippen LogP contribution in [0, 0.1) is 0 Å². The number of aromatic amines is 1. The summed E-state index contributed by atoms with van der Waals surface area (Å²) in [5.41, 5.74) is 3.23. The van der Waals surface area contributed by atoms with Crippen molar-refractivity contribution in [3.05, 3.63) is 58.9 Å². The fourth-order valence-corrected chi connectivity index (χ4v) is 3.56. The van der Waals surface area contributed by atoms with Crippen molar-refractivity contribution in [2.24, 2.45) is 0 Å². The highest BCUT2D eigenvalue weighted by Gasteiger charge is 2.15. The van der Waals surface area contributed by atoms with E-state index in [9.17, 15) is 4.79 Å². The molecule has 0 bridgehead atoms. The molecule has 0 unspecified atom stereocenters. The summed E-state index contributed by atoms with van der Waals surface area (Å²) < 4.78 is 2.35. The largest absolute Gasteiger partial charge is 0.339 e. The van der Waals surface area contributed by atoms with E-state index in [2.05, 4.69) is 46.7 Å². The van der Waals surface area contributed by atoms with Crippen LogP contribution in [0.5, 0.6) is 0 Å². The zero-order chi connectivity index (χ0) is 16.7. The lowest BCUT2D eigenvalue weighted by Crippen LogP contribution is -2.15. The summed E-state index contributed by atoms with van der Waals surface area (Å²) in [4.78, 5) is 17.8. The first-order valence-corrected chi connectivity index (χ1v) is 8.33. The number of hydrogen-bond acceptors (Lipinski definition) is 2. The predicted molar refractivity (Wildman–Crippen MR) is 101 cm³/mol. The summed E-state index contributed by atoms with van der Waals surface area (Å²) >= 11 is 0. The zero-order valence-corrected chi connectivity index (χ0v) is 14.0. The standard InChI is InChI=1S/C20H21N3O/c1-22(2)12-7-13-23-17-11-6-5-10-16(17)18-19(23)14-8-3-4-9-15(14)20(24)21-18/h3-6,8-11H,7,12-13H2,1-2H3,(H,21,24). The number of para-hydroxylation sites is 1. The Balaban J connectivity index is 2.06. The van der Waals surface area contributed by atoms with Gasteiger partial charge in [0.1, 0.15) is 0 Å². The second kappa shape index (κ2) is 5.80. The van der Waals surface area contributed by atoms with E-state index < -0.39 is 0 Å². The number of pyridine rings is 1. The number of hydrogen-bond donors (Lipinski definition) is 1. The molecule has 2 aromatic heterocycles. The summed E-state index contributed by atoms with van der Waals surface area (Å²) in [5, 5.41) is 2.89. The lowest BCUT2D eigenvalue weighted by molar-refractivity contribution is 0.389. The third-order valence-corrected chi connectivity index (χ3v) is 4.62. The zero-order valence-electron chi connectivity index (χ0n) is 14.0. The van der Waals surface area contributed by atoms with E-state index in [-0.39, 0.29) is 5.56 Å². The molecule has 4 rings (SSSR count). The van der Waals surface area contributed by atoms with Crippen molar-refractivity contribution < 1.29 is 0 Å². The lowest BCUT2D eigenvalue weighted by atomic mass is 10.1. The van der Waals surface area contributed by atoms with Crippen LogP contribution in [0.2, 0.25) is 0 Å². The SMILES string of the molecule is CN(C)CCCn1c2ccccc2c2[nH]c(=O)c3ccccc3c21. The molecular formula is C20H21N3O. The van der Waals surface area contributed by atoms with Gasteiger partial charge in [0.05, 0.1) is 16.6 Å². The van der Waals surface area contributed by atoms with Crippen LogP contribution in [-0.2, 0) is 6.54 Å². The number of benzene rings is 2. The number of rotatable bonds is 4. The topological polar surface area (TPSA) is 41.0 Å². The molecule has 4 nitrogen and oxygen atoms in total. The minimum atomic E-state index is -0.0192. The Kier molecular flexibility index (Phi) is 3.62.